The summed E-state index contributed by atoms with van der Waals surface area (Å²) in [5.41, 5.74) is 2.60. The summed E-state index contributed by atoms with van der Waals surface area (Å²) in [6, 6.07) is 2.13. The van der Waals surface area contributed by atoms with Gasteiger partial charge in [0.15, 0.2) is 0 Å². The first-order valence-corrected chi connectivity index (χ1v) is 12.7. The molecule has 0 bridgehead atoms. The molecule has 8 heteroatoms. The van der Waals surface area contributed by atoms with Crippen LogP contribution in [0.2, 0.25) is 0 Å². The third kappa shape index (κ3) is 5.04. The zero-order chi connectivity index (χ0) is 21.5. The molecule has 3 aliphatic heterocycles. The molecule has 0 spiro atoms. The molecular formula is C22H33N3O4S. The van der Waals surface area contributed by atoms with Gasteiger partial charge in [0, 0.05) is 31.6 Å². The van der Waals surface area contributed by atoms with Crippen LogP contribution in [0.5, 0.6) is 5.75 Å². The van der Waals surface area contributed by atoms with E-state index in [0.717, 1.165) is 49.4 Å². The lowest BCUT2D eigenvalue weighted by atomic mass is 9.88. The number of ether oxygens (including phenoxy) is 1. The first-order chi connectivity index (χ1) is 14.1. The molecule has 0 amide bonds. The van der Waals surface area contributed by atoms with Crippen molar-refractivity contribution in [1.82, 2.24) is 14.2 Å². The van der Waals surface area contributed by atoms with Gasteiger partial charge in [0.1, 0.15) is 11.9 Å². The maximum atomic E-state index is 11.7. The number of pyridine rings is 1. The van der Waals surface area contributed by atoms with Gasteiger partial charge in [-0.2, -0.15) is 4.31 Å². The van der Waals surface area contributed by atoms with E-state index in [4.69, 9.17) is 4.74 Å². The van der Waals surface area contributed by atoms with Crippen molar-refractivity contribution in [3.05, 3.63) is 29.6 Å². The van der Waals surface area contributed by atoms with Crippen molar-refractivity contribution in [3.63, 3.8) is 0 Å². The van der Waals surface area contributed by atoms with Crippen LogP contribution in [0.4, 0.5) is 0 Å². The van der Waals surface area contributed by atoms with E-state index in [0.29, 0.717) is 32.0 Å². The van der Waals surface area contributed by atoms with E-state index < -0.39 is 15.6 Å². The Balaban J connectivity index is 1.36. The fraction of sp³-hybridized carbons (Fsp3) is 0.682. The van der Waals surface area contributed by atoms with Crippen molar-refractivity contribution in [2.75, 3.05) is 39.0 Å². The highest BCUT2D eigenvalue weighted by Crippen LogP contribution is 2.36. The molecule has 1 N–H and O–H groups in total. The molecule has 0 aromatic carbocycles. The maximum Gasteiger partial charge on any atom is 0.211 e. The molecule has 0 aliphatic carbocycles. The monoisotopic (exact) mass is 435 g/mol. The van der Waals surface area contributed by atoms with Gasteiger partial charge in [-0.15, -0.1) is 0 Å². The number of piperidine rings is 1. The molecule has 0 radical (unpaired) electrons. The fourth-order valence-corrected chi connectivity index (χ4v) is 5.59. The van der Waals surface area contributed by atoms with Gasteiger partial charge in [-0.25, -0.2) is 8.42 Å². The van der Waals surface area contributed by atoms with E-state index in [1.807, 2.05) is 26.1 Å². The highest BCUT2D eigenvalue weighted by molar-refractivity contribution is 7.88. The van der Waals surface area contributed by atoms with Crippen LogP contribution in [0.3, 0.4) is 0 Å². The Bertz CT molecular complexity index is 915. The Kier molecular flexibility index (Phi) is 5.96. The minimum atomic E-state index is -3.14. The van der Waals surface area contributed by atoms with Gasteiger partial charge in [-0.3, -0.25) is 4.98 Å². The van der Waals surface area contributed by atoms with E-state index in [1.54, 1.807) is 0 Å². The first-order valence-electron chi connectivity index (χ1n) is 10.8. The minimum Gasteiger partial charge on any atom is -0.488 e. The summed E-state index contributed by atoms with van der Waals surface area (Å²) < 4.78 is 31.2. The van der Waals surface area contributed by atoms with Gasteiger partial charge in [0.2, 0.25) is 10.0 Å². The van der Waals surface area contributed by atoms with Gasteiger partial charge < -0.3 is 14.7 Å². The Morgan fingerprint density at radius 3 is 2.60 bits per heavy atom. The van der Waals surface area contributed by atoms with Crippen LogP contribution in [0.25, 0.3) is 5.57 Å². The quantitative estimate of drug-likeness (QED) is 0.761. The van der Waals surface area contributed by atoms with Crippen LogP contribution < -0.4 is 4.74 Å². The van der Waals surface area contributed by atoms with Crippen molar-refractivity contribution < 1.29 is 18.3 Å². The molecule has 0 saturated carbocycles. The van der Waals surface area contributed by atoms with Crippen LogP contribution >= 0.6 is 0 Å². The smallest absolute Gasteiger partial charge is 0.211 e. The second kappa shape index (κ2) is 8.22. The lowest BCUT2D eigenvalue weighted by Gasteiger charge is -2.36. The van der Waals surface area contributed by atoms with Crippen LogP contribution in [-0.2, 0) is 16.4 Å². The zero-order valence-electron chi connectivity index (χ0n) is 18.2. The number of aliphatic hydroxyl groups is 1. The summed E-state index contributed by atoms with van der Waals surface area (Å²) in [5, 5.41) is 10.0. The normalized spacial score (nSPS) is 24.4. The average molecular weight is 436 g/mol. The van der Waals surface area contributed by atoms with Crippen molar-refractivity contribution in [2.24, 2.45) is 5.92 Å². The van der Waals surface area contributed by atoms with Crippen molar-refractivity contribution >= 4 is 15.6 Å². The molecule has 1 atom stereocenters. The van der Waals surface area contributed by atoms with Gasteiger partial charge in [0.25, 0.3) is 0 Å². The van der Waals surface area contributed by atoms with Crippen molar-refractivity contribution in [2.45, 2.75) is 51.2 Å². The molecule has 1 fully saturated rings. The lowest BCUT2D eigenvalue weighted by molar-refractivity contribution is 0.0143. The Morgan fingerprint density at radius 2 is 2.00 bits per heavy atom. The molecule has 166 valence electrons. The van der Waals surface area contributed by atoms with Crippen LogP contribution in [0.15, 0.2) is 18.3 Å². The number of aromatic nitrogens is 1. The second-order valence-electron chi connectivity index (χ2n) is 9.56. The number of β-amino-alcohol motifs (C(OH)–C–C–N with tert-alkyl or cyclic N) is 1. The third-order valence-corrected chi connectivity index (χ3v) is 7.66. The minimum absolute atomic E-state index is 0.197. The average Bonchev–Trinajstić information content (AvgIpc) is 3.10. The number of nitrogens with zero attached hydrogens (tertiary/aromatic N) is 3. The summed E-state index contributed by atoms with van der Waals surface area (Å²) in [6.45, 7) is 7.35. The molecule has 30 heavy (non-hydrogen) atoms. The van der Waals surface area contributed by atoms with E-state index in [-0.39, 0.29) is 6.10 Å². The fourth-order valence-electron chi connectivity index (χ4n) is 4.82. The SMILES string of the molecule is CC(C)(O)CN1CCC(C2Cc3cc(C4=CCN(S(C)(=O)=O)CC4)ncc3O2)CC1. The maximum absolute atomic E-state index is 11.7. The van der Waals surface area contributed by atoms with Crippen molar-refractivity contribution in [1.29, 1.82) is 0 Å². The van der Waals surface area contributed by atoms with Crippen LogP contribution in [-0.4, -0.2) is 78.4 Å². The zero-order valence-corrected chi connectivity index (χ0v) is 19.0. The van der Waals surface area contributed by atoms with Crippen LogP contribution in [0, 0.1) is 5.92 Å². The van der Waals surface area contributed by atoms with Crippen LogP contribution in [0.1, 0.15) is 44.4 Å². The highest BCUT2D eigenvalue weighted by atomic mass is 32.2. The van der Waals surface area contributed by atoms with Gasteiger partial charge in [-0.05, 0) is 63.8 Å². The molecule has 1 aromatic rings. The summed E-state index contributed by atoms with van der Waals surface area (Å²) in [4.78, 5) is 6.94. The van der Waals surface area contributed by atoms with Gasteiger partial charge in [-0.1, -0.05) is 6.08 Å². The molecule has 4 heterocycles. The van der Waals surface area contributed by atoms with E-state index in [2.05, 4.69) is 16.0 Å². The topological polar surface area (TPSA) is 83.0 Å². The third-order valence-electron chi connectivity index (χ3n) is 6.39. The number of hydrogen-bond donors (Lipinski definition) is 1. The number of fused-ring (bicyclic) bond motifs is 1. The largest absolute Gasteiger partial charge is 0.488 e. The summed E-state index contributed by atoms with van der Waals surface area (Å²) in [7, 11) is -3.14. The molecule has 3 aliphatic rings. The summed E-state index contributed by atoms with van der Waals surface area (Å²) in [5.74, 6) is 1.41. The van der Waals surface area contributed by atoms with Crippen molar-refractivity contribution in [3.8, 4) is 5.75 Å². The Hall–Kier alpha value is -1.48. The van der Waals surface area contributed by atoms with Gasteiger partial charge in [0.05, 0.1) is 23.7 Å². The Morgan fingerprint density at radius 1 is 1.27 bits per heavy atom. The van der Waals surface area contributed by atoms with E-state index >= 15 is 0 Å². The molecular weight excluding hydrogens is 402 g/mol. The molecule has 1 unspecified atom stereocenters. The number of sulfonamides is 1. The van der Waals surface area contributed by atoms with E-state index in [9.17, 15) is 13.5 Å². The number of likely N-dealkylation sites (tertiary alicyclic amines) is 1. The lowest BCUT2D eigenvalue weighted by Crippen LogP contribution is -2.45. The standard InChI is InChI=1S/C22H33N3O4S/c1-22(2,26)15-24-8-4-17(5-9-24)20-13-18-12-19(23-14-21(18)29-20)16-6-10-25(11-7-16)30(3,27)28/h6,12,14,17,20,26H,4-5,7-11,13,15H2,1-3H3. The molecule has 4 rings (SSSR count). The number of hydrogen-bond acceptors (Lipinski definition) is 6. The summed E-state index contributed by atoms with van der Waals surface area (Å²) in [6.07, 6.45) is 9.02. The Labute approximate surface area is 179 Å². The second-order valence-corrected chi connectivity index (χ2v) is 11.5. The molecule has 7 nitrogen and oxygen atoms in total. The highest BCUT2D eigenvalue weighted by Gasteiger charge is 2.34. The van der Waals surface area contributed by atoms with Gasteiger partial charge >= 0.3 is 0 Å². The molecule has 1 aromatic heterocycles. The molecule has 1 saturated heterocycles. The first kappa shape index (κ1) is 21.7. The number of rotatable bonds is 5. The predicted molar refractivity (Wildman–Crippen MR) is 117 cm³/mol. The summed E-state index contributed by atoms with van der Waals surface area (Å²) >= 11 is 0. The predicted octanol–water partition coefficient (Wildman–Crippen LogP) is 1.92. The van der Waals surface area contributed by atoms with E-state index in [1.165, 1.54) is 16.1 Å².